The Labute approximate surface area is 118 Å². The molecule has 0 amide bonds. The molecule has 0 aliphatic heterocycles. The maximum absolute atomic E-state index is 13.3. The molecule has 1 fully saturated rings. The minimum atomic E-state index is -0.699. The van der Waals surface area contributed by atoms with E-state index in [2.05, 4.69) is 0 Å². The standard InChI is InChI=1S/C14H17FN2O.ClH/c15-12-7-6-10(14(18)11(12)8-16)13(17)9-4-2-1-3-5-9;/h6-7,9,13,18H,1-5,17H2;1H/t13-;/m1./s1. The van der Waals surface area contributed by atoms with E-state index in [1.54, 1.807) is 6.07 Å². The number of nitrogens with zero attached hydrogens (tertiary/aromatic N) is 1. The molecule has 1 aliphatic rings. The van der Waals surface area contributed by atoms with E-state index >= 15 is 0 Å². The van der Waals surface area contributed by atoms with E-state index in [1.807, 2.05) is 0 Å². The first-order valence-electron chi connectivity index (χ1n) is 6.32. The second-order valence-electron chi connectivity index (χ2n) is 4.90. The normalized spacial score (nSPS) is 17.3. The average Bonchev–Trinajstić information content (AvgIpc) is 2.40. The lowest BCUT2D eigenvalue weighted by atomic mass is 9.81. The van der Waals surface area contributed by atoms with Crippen LogP contribution in [-0.2, 0) is 0 Å². The summed E-state index contributed by atoms with van der Waals surface area (Å²) in [7, 11) is 0. The van der Waals surface area contributed by atoms with Gasteiger partial charge in [-0.2, -0.15) is 5.26 Å². The van der Waals surface area contributed by atoms with Gasteiger partial charge >= 0.3 is 0 Å². The second kappa shape index (κ2) is 6.74. The van der Waals surface area contributed by atoms with Crippen molar-refractivity contribution in [3.8, 4) is 11.8 Å². The number of halogens is 2. The summed E-state index contributed by atoms with van der Waals surface area (Å²) in [6, 6.07) is 4.06. The molecule has 104 valence electrons. The SMILES string of the molecule is Cl.N#Cc1c(F)ccc([C@H](N)C2CCCCC2)c1O. The van der Waals surface area contributed by atoms with Crippen LogP contribution in [0, 0.1) is 23.1 Å². The molecule has 19 heavy (non-hydrogen) atoms. The Morgan fingerprint density at radius 1 is 1.32 bits per heavy atom. The van der Waals surface area contributed by atoms with E-state index in [4.69, 9.17) is 11.0 Å². The summed E-state index contributed by atoms with van der Waals surface area (Å²) < 4.78 is 13.3. The van der Waals surface area contributed by atoms with Gasteiger partial charge in [0.05, 0.1) is 0 Å². The van der Waals surface area contributed by atoms with Gasteiger partial charge in [-0.3, -0.25) is 0 Å². The minimum absolute atomic E-state index is 0. The molecule has 0 spiro atoms. The first-order valence-corrected chi connectivity index (χ1v) is 6.32. The molecule has 0 bridgehead atoms. The largest absolute Gasteiger partial charge is 0.506 e. The van der Waals surface area contributed by atoms with E-state index in [0.29, 0.717) is 11.5 Å². The summed E-state index contributed by atoms with van der Waals surface area (Å²) in [5, 5.41) is 18.8. The van der Waals surface area contributed by atoms with E-state index in [0.717, 1.165) is 25.7 Å². The number of rotatable bonds is 2. The number of nitriles is 1. The Bertz CT molecular complexity index is 481. The van der Waals surface area contributed by atoms with E-state index in [1.165, 1.54) is 18.6 Å². The summed E-state index contributed by atoms with van der Waals surface area (Å²) >= 11 is 0. The fourth-order valence-electron chi connectivity index (χ4n) is 2.71. The van der Waals surface area contributed by atoms with Crippen LogP contribution in [0.2, 0.25) is 0 Å². The van der Waals surface area contributed by atoms with Gasteiger partial charge in [-0.15, -0.1) is 12.4 Å². The number of benzene rings is 1. The average molecular weight is 285 g/mol. The predicted octanol–water partition coefficient (Wildman–Crippen LogP) is 3.40. The van der Waals surface area contributed by atoms with Crippen molar-refractivity contribution in [2.24, 2.45) is 11.7 Å². The molecule has 2 rings (SSSR count). The van der Waals surface area contributed by atoms with Crippen molar-refractivity contribution < 1.29 is 9.50 Å². The highest BCUT2D eigenvalue weighted by Crippen LogP contribution is 2.37. The molecule has 3 nitrogen and oxygen atoms in total. The minimum Gasteiger partial charge on any atom is -0.506 e. The summed E-state index contributed by atoms with van der Waals surface area (Å²) in [5.41, 5.74) is 6.33. The number of nitrogens with two attached hydrogens (primary N) is 1. The van der Waals surface area contributed by atoms with Gasteiger partial charge in [-0.05, 0) is 24.8 Å². The van der Waals surface area contributed by atoms with Crippen molar-refractivity contribution in [3.63, 3.8) is 0 Å². The molecular weight excluding hydrogens is 267 g/mol. The molecule has 1 aromatic rings. The Kier molecular flexibility index (Phi) is 5.59. The van der Waals surface area contributed by atoms with Crippen LogP contribution in [0.3, 0.4) is 0 Å². The summed E-state index contributed by atoms with van der Waals surface area (Å²) in [4.78, 5) is 0. The lowest BCUT2D eigenvalue weighted by Crippen LogP contribution is -2.23. The first kappa shape index (κ1) is 15.7. The van der Waals surface area contributed by atoms with Crippen molar-refractivity contribution in [1.82, 2.24) is 0 Å². The number of hydrogen-bond acceptors (Lipinski definition) is 3. The van der Waals surface area contributed by atoms with Gasteiger partial charge in [0.15, 0.2) is 0 Å². The van der Waals surface area contributed by atoms with Crippen LogP contribution in [0.25, 0.3) is 0 Å². The van der Waals surface area contributed by atoms with E-state index in [-0.39, 0.29) is 29.8 Å². The Morgan fingerprint density at radius 3 is 2.53 bits per heavy atom. The van der Waals surface area contributed by atoms with Gasteiger partial charge in [0.25, 0.3) is 0 Å². The Hall–Kier alpha value is -1.31. The third-order valence-electron chi connectivity index (χ3n) is 3.79. The van der Waals surface area contributed by atoms with Crippen LogP contribution in [0.1, 0.15) is 49.3 Å². The smallest absolute Gasteiger partial charge is 0.144 e. The first-order chi connectivity index (χ1) is 8.65. The third kappa shape index (κ3) is 3.17. The van der Waals surface area contributed by atoms with Gasteiger partial charge in [-0.1, -0.05) is 25.3 Å². The molecule has 1 saturated carbocycles. The van der Waals surface area contributed by atoms with Crippen molar-refractivity contribution in [1.29, 1.82) is 5.26 Å². The zero-order chi connectivity index (χ0) is 13.1. The van der Waals surface area contributed by atoms with Gasteiger partial charge in [0.1, 0.15) is 23.2 Å². The highest BCUT2D eigenvalue weighted by Gasteiger charge is 2.25. The number of phenols is 1. The number of phenolic OH excluding ortho intramolecular Hbond substituents is 1. The van der Waals surface area contributed by atoms with Crippen LogP contribution >= 0.6 is 12.4 Å². The van der Waals surface area contributed by atoms with Gasteiger partial charge in [0.2, 0.25) is 0 Å². The molecule has 0 aromatic heterocycles. The molecule has 1 aliphatic carbocycles. The van der Waals surface area contributed by atoms with E-state index < -0.39 is 5.82 Å². The number of hydrogen-bond donors (Lipinski definition) is 2. The lowest BCUT2D eigenvalue weighted by Gasteiger charge is -2.28. The Balaban J connectivity index is 0.00000180. The predicted molar refractivity (Wildman–Crippen MR) is 73.5 cm³/mol. The topological polar surface area (TPSA) is 70.0 Å². The molecule has 0 unspecified atom stereocenters. The zero-order valence-corrected chi connectivity index (χ0v) is 11.4. The molecule has 3 N–H and O–H groups in total. The van der Waals surface area contributed by atoms with Gasteiger partial charge in [0, 0.05) is 11.6 Å². The highest BCUT2D eigenvalue weighted by molar-refractivity contribution is 5.85. The molecular formula is C14H18ClFN2O. The molecule has 5 heteroatoms. The van der Waals surface area contributed by atoms with Gasteiger partial charge < -0.3 is 10.8 Å². The second-order valence-corrected chi connectivity index (χ2v) is 4.90. The fraction of sp³-hybridized carbons (Fsp3) is 0.500. The maximum atomic E-state index is 13.3. The molecule has 1 aromatic carbocycles. The third-order valence-corrected chi connectivity index (χ3v) is 3.79. The van der Waals surface area contributed by atoms with Crippen LogP contribution in [0.15, 0.2) is 12.1 Å². The fourth-order valence-corrected chi connectivity index (χ4v) is 2.71. The zero-order valence-electron chi connectivity index (χ0n) is 10.6. The van der Waals surface area contributed by atoms with Crippen molar-refractivity contribution >= 4 is 12.4 Å². The van der Waals surface area contributed by atoms with E-state index in [9.17, 15) is 9.50 Å². The molecule has 0 heterocycles. The summed E-state index contributed by atoms with van der Waals surface area (Å²) in [6.07, 6.45) is 5.57. The summed E-state index contributed by atoms with van der Waals surface area (Å²) in [6.45, 7) is 0. The quantitative estimate of drug-likeness (QED) is 0.874. The number of aromatic hydroxyl groups is 1. The monoisotopic (exact) mass is 284 g/mol. The van der Waals surface area contributed by atoms with Crippen LogP contribution in [0.5, 0.6) is 5.75 Å². The maximum Gasteiger partial charge on any atom is 0.144 e. The van der Waals surface area contributed by atoms with Crippen molar-refractivity contribution in [2.75, 3.05) is 0 Å². The Morgan fingerprint density at radius 2 is 1.95 bits per heavy atom. The molecule has 0 radical (unpaired) electrons. The summed E-state index contributed by atoms with van der Waals surface area (Å²) in [5.74, 6) is -0.688. The van der Waals surface area contributed by atoms with Crippen LogP contribution < -0.4 is 5.73 Å². The molecule has 1 atom stereocenters. The van der Waals surface area contributed by atoms with Crippen LogP contribution in [0.4, 0.5) is 4.39 Å². The lowest BCUT2D eigenvalue weighted by molar-refractivity contribution is 0.302. The van der Waals surface area contributed by atoms with Crippen molar-refractivity contribution in [3.05, 3.63) is 29.1 Å². The van der Waals surface area contributed by atoms with Gasteiger partial charge in [-0.25, -0.2) is 4.39 Å². The molecule has 0 saturated heterocycles. The highest BCUT2D eigenvalue weighted by atomic mass is 35.5. The van der Waals surface area contributed by atoms with Crippen molar-refractivity contribution in [2.45, 2.75) is 38.1 Å². The van der Waals surface area contributed by atoms with Crippen LogP contribution in [-0.4, -0.2) is 5.11 Å².